The number of esters is 1. The quantitative estimate of drug-likeness (QED) is 0.405. The zero-order valence-electron chi connectivity index (χ0n) is 11.1. The van der Waals surface area contributed by atoms with Crippen molar-refractivity contribution < 1.29 is 23.2 Å². The maximum atomic E-state index is 13.4. The van der Waals surface area contributed by atoms with Gasteiger partial charge in [0.1, 0.15) is 6.61 Å². The molecular weight excluding hydrogens is 298 g/mol. The molecule has 2 N–H and O–H groups in total. The summed E-state index contributed by atoms with van der Waals surface area (Å²) in [7, 11) is 0. The molecule has 0 heterocycles. The summed E-state index contributed by atoms with van der Waals surface area (Å²) in [6, 6.07) is 6.74. The van der Waals surface area contributed by atoms with E-state index in [-0.39, 0.29) is 22.5 Å². The Morgan fingerprint density at radius 2 is 2.00 bits per heavy atom. The number of halogens is 2. The number of hydrogen-bond donors (Lipinski definition) is 1. The Hall–Kier alpha value is -3.03. The minimum Gasteiger partial charge on any atom is -0.457 e. The summed E-state index contributed by atoms with van der Waals surface area (Å²) < 4.78 is 31.3. The van der Waals surface area contributed by atoms with Crippen LogP contribution in [0.4, 0.5) is 20.2 Å². The molecule has 0 radical (unpaired) electrons. The Morgan fingerprint density at radius 3 is 2.68 bits per heavy atom. The lowest BCUT2D eigenvalue weighted by Gasteiger charge is -2.08. The molecule has 0 unspecified atom stereocenters. The van der Waals surface area contributed by atoms with E-state index in [1.165, 1.54) is 18.2 Å². The molecule has 0 atom stereocenters. The minimum atomic E-state index is -1.12. The van der Waals surface area contributed by atoms with E-state index in [0.717, 1.165) is 18.2 Å². The number of nitrogens with zero attached hydrogens (tertiary/aromatic N) is 1. The molecule has 0 aliphatic rings. The molecule has 2 aromatic carbocycles. The van der Waals surface area contributed by atoms with Crippen molar-refractivity contribution in [1.29, 1.82) is 0 Å². The van der Waals surface area contributed by atoms with Crippen LogP contribution in [0.1, 0.15) is 15.9 Å². The standard InChI is InChI=1S/C14H10F2N2O4/c15-11-3-1-2-8(13(11)16)7-22-14(19)10-6-9(18(20)21)4-5-12(10)17/h1-6H,7,17H2. The van der Waals surface area contributed by atoms with Crippen molar-refractivity contribution in [3.8, 4) is 0 Å². The van der Waals surface area contributed by atoms with Crippen molar-refractivity contribution in [2.24, 2.45) is 0 Å². The number of carbonyl (C=O) groups excluding carboxylic acids is 1. The summed E-state index contributed by atoms with van der Waals surface area (Å²) in [5.41, 5.74) is 4.83. The van der Waals surface area contributed by atoms with Crippen LogP contribution in [0.3, 0.4) is 0 Å². The number of carbonyl (C=O) groups is 1. The Balaban J connectivity index is 2.17. The Morgan fingerprint density at radius 1 is 1.27 bits per heavy atom. The Labute approximate surface area is 123 Å². The van der Waals surface area contributed by atoms with E-state index >= 15 is 0 Å². The van der Waals surface area contributed by atoms with E-state index in [2.05, 4.69) is 0 Å². The number of nitrogens with two attached hydrogens (primary N) is 1. The summed E-state index contributed by atoms with van der Waals surface area (Å²) in [6.07, 6.45) is 0. The van der Waals surface area contributed by atoms with Gasteiger partial charge in [-0.1, -0.05) is 12.1 Å². The second-order valence-electron chi connectivity index (χ2n) is 4.32. The molecule has 6 nitrogen and oxygen atoms in total. The molecular formula is C14H10F2N2O4. The number of anilines is 1. The molecule has 0 saturated carbocycles. The summed E-state index contributed by atoms with van der Waals surface area (Å²) in [5.74, 6) is -3.16. The van der Waals surface area contributed by atoms with E-state index in [1.54, 1.807) is 0 Å². The molecule has 0 spiro atoms. The molecule has 114 valence electrons. The lowest BCUT2D eigenvalue weighted by atomic mass is 10.1. The highest BCUT2D eigenvalue weighted by Gasteiger charge is 2.17. The van der Waals surface area contributed by atoms with Crippen LogP contribution in [0.5, 0.6) is 0 Å². The van der Waals surface area contributed by atoms with Gasteiger partial charge in [-0.2, -0.15) is 0 Å². The number of benzene rings is 2. The number of rotatable bonds is 4. The van der Waals surface area contributed by atoms with Gasteiger partial charge in [-0.15, -0.1) is 0 Å². The predicted octanol–water partition coefficient (Wildman–Crippen LogP) is 2.81. The fourth-order valence-electron chi connectivity index (χ4n) is 1.72. The van der Waals surface area contributed by atoms with Gasteiger partial charge in [0.05, 0.1) is 10.5 Å². The van der Waals surface area contributed by atoms with Crippen LogP contribution in [-0.4, -0.2) is 10.9 Å². The number of hydrogen-bond acceptors (Lipinski definition) is 5. The molecule has 0 amide bonds. The van der Waals surface area contributed by atoms with E-state index in [4.69, 9.17) is 10.5 Å². The maximum Gasteiger partial charge on any atom is 0.340 e. The SMILES string of the molecule is Nc1ccc([N+](=O)[O-])cc1C(=O)OCc1cccc(F)c1F. The van der Waals surface area contributed by atoms with Gasteiger partial charge >= 0.3 is 5.97 Å². The summed E-state index contributed by atoms with van der Waals surface area (Å²) in [6.45, 7) is -0.523. The number of non-ortho nitro benzene ring substituents is 1. The van der Waals surface area contributed by atoms with Gasteiger partial charge in [-0.25, -0.2) is 13.6 Å². The molecule has 22 heavy (non-hydrogen) atoms. The highest BCUT2D eigenvalue weighted by molar-refractivity contribution is 5.95. The van der Waals surface area contributed by atoms with Gasteiger partial charge < -0.3 is 10.5 Å². The lowest BCUT2D eigenvalue weighted by Crippen LogP contribution is -2.10. The van der Waals surface area contributed by atoms with Crippen LogP contribution in [0, 0.1) is 21.7 Å². The number of nitro groups is 1. The predicted molar refractivity (Wildman–Crippen MR) is 73.0 cm³/mol. The van der Waals surface area contributed by atoms with Crippen molar-refractivity contribution in [1.82, 2.24) is 0 Å². The normalized spacial score (nSPS) is 10.3. The van der Waals surface area contributed by atoms with E-state index < -0.39 is 29.1 Å². The average Bonchev–Trinajstić information content (AvgIpc) is 2.48. The topological polar surface area (TPSA) is 95.5 Å². The van der Waals surface area contributed by atoms with E-state index in [9.17, 15) is 23.7 Å². The first-order valence-electron chi connectivity index (χ1n) is 6.04. The lowest BCUT2D eigenvalue weighted by molar-refractivity contribution is -0.384. The van der Waals surface area contributed by atoms with Gasteiger partial charge in [-0.3, -0.25) is 10.1 Å². The van der Waals surface area contributed by atoms with Crippen LogP contribution in [0.25, 0.3) is 0 Å². The minimum absolute atomic E-state index is 0.0182. The van der Waals surface area contributed by atoms with Gasteiger partial charge in [0.2, 0.25) is 0 Å². The second-order valence-corrected chi connectivity index (χ2v) is 4.32. The molecule has 0 aliphatic carbocycles. The molecule has 0 saturated heterocycles. The summed E-state index contributed by atoms with van der Waals surface area (Å²) in [5, 5.41) is 10.7. The zero-order chi connectivity index (χ0) is 16.3. The van der Waals surface area contributed by atoms with Crippen LogP contribution < -0.4 is 5.73 Å². The Kier molecular flexibility index (Phi) is 4.31. The zero-order valence-corrected chi connectivity index (χ0v) is 11.1. The third-order valence-electron chi connectivity index (χ3n) is 2.86. The fourth-order valence-corrected chi connectivity index (χ4v) is 1.72. The molecule has 8 heteroatoms. The van der Waals surface area contributed by atoms with Gasteiger partial charge in [0.15, 0.2) is 11.6 Å². The van der Waals surface area contributed by atoms with Crippen LogP contribution in [-0.2, 0) is 11.3 Å². The molecule has 0 aromatic heterocycles. The second kappa shape index (κ2) is 6.17. The molecule has 0 bridgehead atoms. The number of ether oxygens (including phenoxy) is 1. The first kappa shape index (κ1) is 15.4. The molecule has 0 fully saturated rings. The van der Waals surface area contributed by atoms with E-state index in [1.807, 2.05) is 0 Å². The number of nitrogen functional groups attached to an aromatic ring is 1. The summed E-state index contributed by atoms with van der Waals surface area (Å²) in [4.78, 5) is 21.8. The smallest absolute Gasteiger partial charge is 0.340 e. The third kappa shape index (κ3) is 3.17. The average molecular weight is 308 g/mol. The van der Waals surface area contributed by atoms with Crippen LogP contribution >= 0.6 is 0 Å². The monoisotopic (exact) mass is 308 g/mol. The maximum absolute atomic E-state index is 13.4. The van der Waals surface area contributed by atoms with Crippen molar-refractivity contribution in [2.45, 2.75) is 6.61 Å². The van der Waals surface area contributed by atoms with Gasteiger partial charge in [0.25, 0.3) is 5.69 Å². The molecule has 2 aromatic rings. The van der Waals surface area contributed by atoms with Crippen molar-refractivity contribution in [3.63, 3.8) is 0 Å². The van der Waals surface area contributed by atoms with Crippen molar-refractivity contribution in [2.75, 3.05) is 5.73 Å². The largest absolute Gasteiger partial charge is 0.457 e. The van der Waals surface area contributed by atoms with E-state index in [0.29, 0.717) is 0 Å². The fraction of sp³-hybridized carbons (Fsp3) is 0.0714. The van der Waals surface area contributed by atoms with Crippen LogP contribution in [0.2, 0.25) is 0 Å². The van der Waals surface area contributed by atoms with Crippen molar-refractivity contribution in [3.05, 3.63) is 69.3 Å². The van der Waals surface area contributed by atoms with Gasteiger partial charge in [0, 0.05) is 23.4 Å². The first-order valence-corrected chi connectivity index (χ1v) is 6.04. The van der Waals surface area contributed by atoms with Crippen molar-refractivity contribution >= 4 is 17.3 Å². The van der Waals surface area contributed by atoms with Gasteiger partial charge in [-0.05, 0) is 12.1 Å². The highest BCUT2D eigenvalue weighted by atomic mass is 19.2. The van der Waals surface area contributed by atoms with Crippen LogP contribution in [0.15, 0.2) is 36.4 Å². The molecule has 2 rings (SSSR count). The first-order chi connectivity index (χ1) is 10.4. The highest BCUT2D eigenvalue weighted by Crippen LogP contribution is 2.21. The summed E-state index contributed by atoms with van der Waals surface area (Å²) >= 11 is 0. The Bertz CT molecular complexity index is 750. The third-order valence-corrected chi connectivity index (χ3v) is 2.86. The number of nitro benzene ring substituents is 1. The molecule has 0 aliphatic heterocycles.